The molecule has 2 unspecified atom stereocenters. The molecule has 0 radical (unpaired) electrons. The van der Waals surface area contributed by atoms with E-state index in [2.05, 4.69) is 5.32 Å². The third-order valence-electron chi connectivity index (χ3n) is 4.50. The van der Waals surface area contributed by atoms with Crippen LogP contribution in [-0.2, 0) is 19.6 Å². The molecule has 2 aliphatic carbocycles. The lowest BCUT2D eigenvalue weighted by Crippen LogP contribution is -2.36. The zero-order chi connectivity index (χ0) is 16.8. The number of hydrogen-bond donors (Lipinski definition) is 3. The van der Waals surface area contributed by atoms with Crippen molar-refractivity contribution in [3.05, 3.63) is 36.4 Å². The van der Waals surface area contributed by atoms with Crippen molar-refractivity contribution in [3.63, 3.8) is 0 Å². The molecule has 23 heavy (non-hydrogen) atoms. The molecule has 0 saturated heterocycles. The van der Waals surface area contributed by atoms with E-state index in [4.69, 9.17) is 5.14 Å². The quantitative estimate of drug-likeness (QED) is 0.701. The molecule has 0 aliphatic heterocycles. The highest BCUT2D eigenvalue weighted by Gasteiger charge is 2.51. The molecular weight excluding hydrogens is 320 g/mol. The first-order valence-corrected chi connectivity index (χ1v) is 8.67. The molecule has 8 heteroatoms. The first kappa shape index (κ1) is 15.7. The summed E-state index contributed by atoms with van der Waals surface area (Å²) in [6.07, 6.45) is 4.45. The van der Waals surface area contributed by atoms with Crippen molar-refractivity contribution < 1.29 is 23.1 Å². The van der Waals surface area contributed by atoms with Crippen molar-refractivity contribution in [2.24, 2.45) is 28.8 Å². The second kappa shape index (κ2) is 5.47. The number of nitrogens with one attached hydrogen (secondary N) is 1. The van der Waals surface area contributed by atoms with Crippen LogP contribution in [0.3, 0.4) is 0 Å². The number of sulfonamides is 1. The number of fused-ring (bicyclic) bond motifs is 2. The number of carbonyl (C=O) groups excluding carboxylic acids is 1. The SMILES string of the molecule is NS(=O)(=O)c1ccc(NC(=O)C2C(C(=O)O)[C@@H]3C=C[C@H]2C3)cc1. The van der Waals surface area contributed by atoms with E-state index >= 15 is 0 Å². The fourth-order valence-electron chi connectivity index (χ4n) is 3.47. The molecule has 122 valence electrons. The number of benzene rings is 1. The van der Waals surface area contributed by atoms with Gasteiger partial charge in [0.2, 0.25) is 15.9 Å². The van der Waals surface area contributed by atoms with Crippen molar-refractivity contribution in [1.82, 2.24) is 0 Å². The van der Waals surface area contributed by atoms with Crippen molar-refractivity contribution in [2.75, 3.05) is 5.32 Å². The van der Waals surface area contributed by atoms with Crippen LogP contribution in [0.2, 0.25) is 0 Å². The highest BCUT2D eigenvalue weighted by atomic mass is 32.2. The topological polar surface area (TPSA) is 127 Å². The maximum absolute atomic E-state index is 12.5. The Bertz CT molecular complexity index is 785. The van der Waals surface area contributed by atoms with Gasteiger partial charge in [0.1, 0.15) is 0 Å². The van der Waals surface area contributed by atoms with Crippen molar-refractivity contribution >= 4 is 27.6 Å². The molecular formula is C15H16N2O5S. The van der Waals surface area contributed by atoms with E-state index in [1.165, 1.54) is 24.3 Å². The predicted octanol–water partition coefficient (Wildman–Crippen LogP) is 0.795. The molecule has 0 spiro atoms. The van der Waals surface area contributed by atoms with E-state index in [0.717, 1.165) is 0 Å². The van der Waals surface area contributed by atoms with Gasteiger partial charge in [0, 0.05) is 5.69 Å². The second-order valence-corrected chi connectivity index (χ2v) is 7.46. The fourth-order valence-corrected chi connectivity index (χ4v) is 3.99. The summed E-state index contributed by atoms with van der Waals surface area (Å²) in [5.74, 6) is -2.82. The molecule has 2 bridgehead atoms. The summed E-state index contributed by atoms with van der Waals surface area (Å²) in [5.41, 5.74) is 0.401. The van der Waals surface area contributed by atoms with E-state index in [-0.39, 0.29) is 22.6 Å². The monoisotopic (exact) mass is 336 g/mol. The number of aliphatic carboxylic acids is 1. The lowest BCUT2D eigenvalue weighted by Gasteiger charge is -2.23. The van der Waals surface area contributed by atoms with Crippen molar-refractivity contribution in [2.45, 2.75) is 11.3 Å². The molecule has 1 aromatic rings. The number of carboxylic acid groups (broad SMARTS) is 1. The Kier molecular flexibility index (Phi) is 3.73. The molecule has 0 aromatic heterocycles. The average Bonchev–Trinajstić information content (AvgIpc) is 3.07. The molecule has 2 aliphatic rings. The number of anilines is 1. The normalized spacial score (nSPS) is 28.7. The van der Waals surface area contributed by atoms with Gasteiger partial charge in [-0.1, -0.05) is 12.2 Å². The molecule has 1 fully saturated rings. The minimum Gasteiger partial charge on any atom is -0.481 e. The third-order valence-corrected chi connectivity index (χ3v) is 5.43. The Balaban J connectivity index is 1.77. The zero-order valence-corrected chi connectivity index (χ0v) is 12.9. The van der Waals surface area contributed by atoms with Crippen LogP contribution in [0.1, 0.15) is 6.42 Å². The number of primary sulfonamides is 1. The Morgan fingerprint density at radius 1 is 1.09 bits per heavy atom. The van der Waals surface area contributed by atoms with Crippen molar-refractivity contribution in [1.29, 1.82) is 0 Å². The molecule has 7 nitrogen and oxygen atoms in total. The van der Waals surface area contributed by atoms with Gasteiger partial charge >= 0.3 is 5.97 Å². The predicted molar refractivity (Wildman–Crippen MR) is 81.8 cm³/mol. The summed E-state index contributed by atoms with van der Waals surface area (Å²) in [6, 6.07) is 5.44. The number of allylic oxidation sites excluding steroid dienone is 2. The number of nitrogens with two attached hydrogens (primary N) is 1. The highest BCUT2D eigenvalue weighted by molar-refractivity contribution is 7.89. The number of carboxylic acids is 1. The second-order valence-electron chi connectivity index (χ2n) is 5.90. The van der Waals surface area contributed by atoms with Gasteiger partial charge in [-0.15, -0.1) is 0 Å². The summed E-state index contributed by atoms with van der Waals surface area (Å²) in [4.78, 5) is 23.8. The van der Waals surface area contributed by atoms with E-state index in [1.807, 2.05) is 12.2 Å². The summed E-state index contributed by atoms with van der Waals surface area (Å²) in [7, 11) is -3.79. The van der Waals surface area contributed by atoms with Crippen LogP contribution in [0.25, 0.3) is 0 Å². The number of carbonyl (C=O) groups is 2. The molecule has 1 saturated carbocycles. The smallest absolute Gasteiger partial charge is 0.307 e. The zero-order valence-electron chi connectivity index (χ0n) is 12.0. The minimum absolute atomic E-state index is 0.0539. The largest absolute Gasteiger partial charge is 0.481 e. The standard InChI is InChI=1S/C15H16N2O5S/c16-23(21,22)11-5-3-10(4-6-11)17-14(18)12-8-1-2-9(7-8)13(12)15(19)20/h1-6,8-9,12-13H,7H2,(H,17,18)(H,19,20)(H2,16,21,22)/t8-,9+,12?,13?/m0/s1. The molecule has 4 N–H and O–H groups in total. The van der Waals surface area contributed by atoms with Crippen LogP contribution in [0.15, 0.2) is 41.3 Å². The Morgan fingerprint density at radius 2 is 1.65 bits per heavy atom. The highest BCUT2D eigenvalue weighted by Crippen LogP contribution is 2.48. The number of amides is 1. The van der Waals surface area contributed by atoms with Gasteiger partial charge in [0.25, 0.3) is 0 Å². The van der Waals surface area contributed by atoms with Gasteiger partial charge < -0.3 is 10.4 Å². The minimum atomic E-state index is -3.79. The van der Waals surface area contributed by atoms with E-state index in [9.17, 15) is 23.1 Å². The number of hydrogen-bond acceptors (Lipinski definition) is 4. The van der Waals surface area contributed by atoms with Gasteiger partial charge in [0.05, 0.1) is 16.7 Å². The van der Waals surface area contributed by atoms with Gasteiger partial charge in [0.15, 0.2) is 0 Å². The summed E-state index contributed by atoms with van der Waals surface area (Å²) in [5, 5.41) is 17.0. The lowest BCUT2D eigenvalue weighted by atomic mass is 9.82. The van der Waals surface area contributed by atoms with Crippen LogP contribution in [-0.4, -0.2) is 25.4 Å². The van der Waals surface area contributed by atoms with Gasteiger partial charge in [-0.25, -0.2) is 13.6 Å². The molecule has 1 amide bonds. The van der Waals surface area contributed by atoms with Crippen molar-refractivity contribution in [3.8, 4) is 0 Å². The van der Waals surface area contributed by atoms with Gasteiger partial charge in [-0.05, 0) is 42.5 Å². The molecule has 3 rings (SSSR count). The van der Waals surface area contributed by atoms with Crippen LogP contribution in [0, 0.1) is 23.7 Å². The van der Waals surface area contributed by atoms with Gasteiger partial charge in [-0.3, -0.25) is 9.59 Å². The van der Waals surface area contributed by atoms with Gasteiger partial charge in [-0.2, -0.15) is 0 Å². The van der Waals surface area contributed by atoms with Crippen LogP contribution in [0.4, 0.5) is 5.69 Å². The summed E-state index contributed by atoms with van der Waals surface area (Å²) >= 11 is 0. The Morgan fingerprint density at radius 3 is 2.17 bits per heavy atom. The first-order valence-electron chi connectivity index (χ1n) is 7.12. The number of rotatable bonds is 4. The van der Waals surface area contributed by atoms with Crippen LogP contribution >= 0.6 is 0 Å². The molecule has 1 aromatic carbocycles. The summed E-state index contributed by atoms with van der Waals surface area (Å²) in [6.45, 7) is 0. The van der Waals surface area contributed by atoms with E-state index in [0.29, 0.717) is 12.1 Å². The van der Waals surface area contributed by atoms with E-state index in [1.54, 1.807) is 0 Å². The maximum atomic E-state index is 12.5. The average molecular weight is 336 g/mol. The first-order chi connectivity index (χ1) is 10.8. The molecule has 4 atom stereocenters. The lowest BCUT2D eigenvalue weighted by molar-refractivity contribution is -0.146. The van der Waals surface area contributed by atoms with Crippen LogP contribution in [0.5, 0.6) is 0 Å². The van der Waals surface area contributed by atoms with E-state index < -0.39 is 27.8 Å². The summed E-state index contributed by atoms with van der Waals surface area (Å²) < 4.78 is 22.4. The maximum Gasteiger partial charge on any atom is 0.307 e. The fraction of sp³-hybridized carbons (Fsp3) is 0.333. The molecule has 0 heterocycles. The Hall–Kier alpha value is -2.19. The third kappa shape index (κ3) is 2.87. The van der Waals surface area contributed by atoms with Crippen LogP contribution < -0.4 is 10.5 Å². The Labute approximate surface area is 133 Å².